The van der Waals surface area contributed by atoms with Gasteiger partial charge in [0.15, 0.2) is 17.7 Å². The van der Waals surface area contributed by atoms with Gasteiger partial charge in [-0.15, -0.1) is 0 Å². The van der Waals surface area contributed by atoms with Gasteiger partial charge in [0.1, 0.15) is 35.6 Å². The van der Waals surface area contributed by atoms with Crippen molar-refractivity contribution in [1.29, 1.82) is 0 Å². The number of amides is 2. The number of aliphatic hydroxyl groups excluding tert-OH is 1. The molecular formula is C44H60N4O11. The quantitative estimate of drug-likeness (QED) is 0.177. The molecule has 13 atom stereocenters. The number of ether oxygens (including phenoxy) is 5. The Balaban J connectivity index is 1.52. The fourth-order valence-corrected chi connectivity index (χ4v) is 8.86. The molecule has 3 aliphatic heterocycles. The van der Waals surface area contributed by atoms with Gasteiger partial charge in [-0.3, -0.25) is 24.7 Å². The number of likely N-dealkylation sites (N-methyl/N-ethyl adjacent to an activating group) is 1. The van der Waals surface area contributed by atoms with Gasteiger partial charge in [0.2, 0.25) is 0 Å². The molecule has 1 aromatic carbocycles. The molecule has 2 amide bonds. The minimum atomic E-state index is -1.76. The van der Waals surface area contributed by atoms with Gasteiger partial charge in [-0.2, -0.15) is 0 Å². The first-order valence-electron chi connectivity index (χ1n) is 20.4. The van der Waals surface area contributed by atoms with E-state index >= 15 is 0 Å². The third kappa shape index (κ3) is 10.0. The Bertz CT molecular complexity index is 1860. The van der Waals surface area contributed by atoms with Gasteiger partial charge < -0.3 is 39.0 Å². The van der Waals surface area contributed by atoms with Crippen molar-refractivity contribution in [2.45, 2.75) is 129 Å². The normalized spacial score (nSPS) is 36.0. The Labute approximate surface area is 346 Å². The van der Waals surface area contributed by atoms with Crippen molar-refractivity contribution in [3.05, 3.63) is 60.6 Å². The summed E-state index contributed by atoms with van der Waals surface area (Å²) in [5, 5.41) is 17.0. The average Bonchev–Trinajstić information content (AvgIpc) is 3.52. The smallest absolute Gasteiger partial charge is 0.411 e. The number of ketones is 2. The van der Waals surface area contributed by atoms with Crippen LogP contribution < -0.4 is 10.6 Å². The molecule has 0 aliphatic carbocycles. The fraction of sp³-hybridized carbons (Fsp3) is 0.591. The molecule has 3 N–H and O–H groups in total. The molecular weight excluding hydrogens is 761 g/mol. The topological polar surface area (TPSA) is 192 Å². The lowest BCUT2D eigenvalue weighted by Crippen LogP contribution is -2.60. The molecule has 0 bridgehead atoms. The number of pyridine rings is 1. The SMILES string of the molecule is CC[C@H]1OC(=O)C(C)C(=O)[C@H](C)[C@@H](O[C@@H]2O[C@H](C)C[C@H](N(C)C)[C@H]2O)[C@](C)(OC(=O)N/C=C/c2ccc(-c3ccncc3)cc2)C[C@@H](C)C(=O)[C@H](C)[C@H]2NC(=O)O[C@@]21C. The lowest BCUT2D eigenvalue weighted by atomic mass is 9.73. The number of aromatic nitrogens is 1. The van der Waals surface area contributed by atoms with Crippen LogP contribution >= 0.6 is 0 Å². The average molecular weight is 821 g/mol. The predicted molar refractivity (Wildman–Crippen MR) is 217 cm³/mol. The molecule has 2 aromatic rings. The summed E-state index contributed by atoms with van der Waals surface area (Å²) in [6.45, 7) is 13.1. The number of nitrogens with zero attached hydrogens (tertiary/aromatic N) is 2. The van der Waals surface area contributed by atoms with Gasteiger partial charge in [0.25, 0.3) is 0 Å². The summed E-state index contributed by atoms with van der Waals surface area (Å²) in [5.41, 5.74) is -0.422. The van der Waals surface area contributed by atoms with Crippen LogP contribution in [0.5, 0.6) is 0 Å². The molecule has 3 aliphatic rings. The second-order valence-electron chi connectivity index (χ2n) is 16.9. The summed E-state index contributed by atoms with van der Waals surface area (Å²) in [4.78, 5) is 75.2. The summed E-state index contributed by atoms with van der Waals surface area (Å²) in [7, 11) is 3.65. The maximum absolute atomic E-state index is 14.4. The first-order chi connectivity index (χ1) is 27.8. The predicted octanol–water partition coefficient (Wildman–Crippen LogP) is 5.29. The van der Waals surface area contributed by atoms with Gasteiger partial charge >= 0.3 is 18.2 Å². The number of alkyl carbamates (subject to hydrolysis) is 2. The molecule has 0 saturated carbocycles. The maximum Gasteiger partial charge on any atom is 0.411 e. The first-order valence-corrected chi connectivity index (χ1v) is 20.4. The third-order valence-electron chi connectivity index (χ3n) is 12.2. The largest absolute Gasteiger partial charge is 0.458 e. The van der Waals surface area contributed by atoms with Crippen LogP contribution in [0.3, 0.4) is 0 Å². The third-order valence-corrected chi connectivity index (χ3v) is 12.2. The Hall–Kier alpha value is -4.70. The van der Waals surface area contributed by atoms with E-state index in [1.54, 1.807) is 60.0 Å². The fourth-order valence-electron chi connectivity index (χ4n) is 8.86. The Morgan fingerprint density at radius 1 is 0.983 bits per heavy atom. The summed E-state index contributed by atoms with van der Waals surface area (Å²) in [6, 6.07) is 10.2. The summed E-state index contributed by atoms with van der Waals surface area (Å²) in [5.74, 6) is -5.99. The van der Waals surface area contributed by atoms with Gasteiger partial charge in [-0.05, 0) is 96.0 Å². The standard InChI is InChI=1S/C44H60N4O11/c1-11-33-44(8)37(47-42(54)59-44)26(4)34(49)24(2)23-43(7,58-41(53)46-21-16-29-12-14-30(15-13-29)31-17-19-45-20-18-31)38(27(5)35(50)28(6)39(52)56-33)57-40-36(51)32(48(9)10)22-25(3)55-40/h12-21,24-28,32-33,36-38,40,51H,11,22-23H2,1-10H3,(H,46,53)(H,47,54)/b21-16+/t24-,25-,26+,27+,28?,32+,33-,36-,37-,38-,40+,43-,44-/m1/s1. The number of esters is 1. The zero-order chi connectivity index (χ0) is 43.4. The summed E-state index contributed by atoms with van der Waals surface area (Å²) in [6.07, 6.45) is 0.232. The lowest BCUT2D eigenvalue weighted by Gasteiger charge is -2.47. The molecule has 0 spiro atoms. The molecule has 15 nitrogen and oxygen atoms in total. The molecule has 59 heavy (non-hydrogen) atoms. The molecule has 1 aromatic heterocycles. The van der Waals surface area contributed by atoms with Crippen LogP contribution in [0.1, 0.15) is 80.2 Å². The Kier molecular flexibility index (Phi) is 14.4. The highest BCUT2D eigenvalue weighted by atomic mass is 16.7. The van der Waals surface area contributed by atoms with E-state index in [1.807, 2.05) is 62.3 Å². The molecule has 1 unspecified atom stereocenters. The number of aliphatic hydroxyl groups is 1. The number of hydrogen-bond acceptors (Lipinski definition) is 13. The highest BCUT2D eigenvalue weighted by molar-refractivity contribution is 6.00. The molecule has 322 valence electrons. The van der Waals surface area contributed by atoms with Crippen LogP contribution in [0.4, 0.5) is 9.59 Å². The van der Waals surface area contributed by atoms with Crippen LogP contribution in [0.2, 0.25) is 0 Å². The minimum absolute atomic E-state index is 0.157. The monoisotopic (exact) mass is 820 g/mol. The zero-order valence-corrected chi connectivity index (χ0v) is 35.7. The number of fused-ring (bicyclic) bond motifs is 1. The van der Waals surface area contributed by atoms with E-state index in [9.17, 15) is 29.1 Å². The highest BCUT2D eigenvalue weighted by Gasteiger charge is 2.57. The van der Waals surface area contributed by atoms with E-state index in [0.717, 1.165) is 16.7 Å². The number of hydrogen-bond donors (Lipinski definition) is 3. The van der Waals surface area contributed by atoms with E-state index in [1.165, 1.54) is 13.1 Å². The number of nitrogens with one attached hydrogen (secondary N) is 2. The summed E-state index contributed by atoms with van der Waals surface area (Å²) < 4.78 is 30.7. The van der Waals surface area contributed by atoms with Crippen LogP contribution in [-0.2, 0) is 38.1 Å². The maximum atomic E-state index is 14.4. The van der Waals surface area contributed by atoms with E-state index in [0.29, 0.717) is 6.42 Å². The van der Waals surface area contributed by atoms with Crippen LogP contribution in [-0.4, -0.2) is 113 Å². The lowest BCUT2D eigenvalue weighted by molar-refractivity contribution is -0.292. The van der Waals surface area contributed by atoms with Gasteiger partial charge in [0.05, 0.1) is 12.1 Å². The number of cyclic esters (lactones) is 1. The van der Waals surface area contributed by atoms with E-state index in [-0.39, 0.29) is 30.8 Å². The number of carbonyl (C=O) groups is 5. The van der Waals surface area contributed by atoms with Gasteiger partial charge in [-0.25, -0.2) is 9.59 Å². The van der Waals surface area contributed by atoms with Crippen molar-refractivity contribution in [2.75, 3.05) is 14.1 Å². The molecule has 3 saturated heterocycles. The number of carbonyl (C=O) groups excluding carboxylic acids is 5. The second-order valence-corrected chi connectivity index (χ2v) is 16.9. The number of Topliss-reactive ketones (excluding diaryl/α,β-unsaturated/α-hetero) is 2. The molecule has 0 radical (unpaired) electrons. The molecule has 5 rings (SSSR count). The van der Waals surface area contributed by atoms with Gasteiger partial charge in [0, 0.05) is 42.4 Å². The van der Waals surface area contributed by atoms with Crippen LogP contribution in [0.25, 0.3) is 17.2 Å². The van der Waals surface area contributed by atoms with E-state index in [4.69, 9.17) is 23.7 Å². The minimum Gasteiger partial charge on any atom is -0.458 e. The Morgan fingerprint density at radius 3 is 2.25 bits per heavy atom. The van der Waals surface area contributed by atoms with E-state index in [2.05, 4.69) is 15.6 Å². The Morgan fingerprint density at radius 2 is 1.63 bits per heavy atom. The summed E-state index contributed by atoms with van der Waals surface area (Å²) >= 11 is 0. The van der Waals surface area contributed by atoms with Crippen molar-refractivity contribution in [3.63, 3.8) is 0 Å². The first kappa shape index (κ1) is 45.4. The van der Waals surface area contributed by atoms with Crippen molar-refractivity contribution in [2.24, 2.45) is 23.7 Å². The van der Waals surface area contributed by atoms with E-state index < -0.39 is 89.5 Å². The number of benzene rings is 1. The van der Waals surface area contributed by atoms with Crippen molar-refractivity contribution in [3.8, 4) is 11.1 Å². The van der Waals surface area contributed by atoms with Crippen LogP contribution in [0.15, 0.2) is 55.0 Å². The van der Waals surface area contributed by atoms with Crippen molar-refractivity contribution in [1.82, 2.24) is 20.5 Å². The second kappa shape index (κ2) is 18.7. The van der Waals surface area contributed by atoms with Gasteiger partial charge in [-0.1, -0.05) is 52.0 Å². The number of rotatable bonds is 8. The molecule has 15 heteroatoms. The molecule has 3 fully saturated rings. The van der Waals surface area contributed by atoms with Crippen molar-refractivity contribution >= 4 is 35.8 Å². The highest BCUT2D eigenvalue weighted by Crippen LogP contribution is 2.40. The molecule has 4 heterocycles. The zero-order valence-electron chi connectivity index (χ0n) is 35.7. The van der Waals surface area contributed by atoms with Crippen LogP contribution in [0, 0.1) is 23.7 Å². The van der Waals surface area contributed by atoms with Crippen molar-refractivity contribution < 1.29 is 52.8 Å².